The van der Waals surface area contributed by atoms with Gasteiger partial charge in [-0.05, 0) is 38.0 Å². The van der Waals surface area contributed by atoms with Gasteiger partial charge in [0.2, 0.25) is 0 Å². The van der Waals surface area contributed by atoms with E-state index in [2.05, 4.69) is 13.8 Å². The monoisotopic (exact) mass is 240 g/mol. The highest BCUT2D eigenvalue weighted by Crippen LogP contribution is 2.32. The van der Waals surface area contributed by atoms with Crippen LogP contribution in [-0.4, -0.2) is 10.7 Å². The first-order valence-electron chi connectivity index (χ1n) is 7.64. The highest BCUT2D eigenvalue weighted by atomic mass is 16.3. The van der Waals surface area contributed by atoms with E-state index in [-0.39, 0.29) is 0 Å². The molecule has 0 radical (unpaired) electrons. The van der Waals surface area contributed by atoms with Crippen LogP contribution in [0, 0.1) is 5.41 Å². The SMILES string of the molecule is CC1(C)CCCCCCCC(C)(O)CCCC1. The van der Waals surface area contributed by atoms with Crippen molar-refractivity contribution in [1.82, 2.24) is 0 Å². The molecule has 0 aliphatic heterocycles. The van der Waals surface area contributed by atoms with Crippen LogP contribution in [0.5, 0.6) is 0 Å². The van der Waals surface area contributed by atoms with E-state index in [1.165, 1.54) is 57.8 Å². The summed E-state index contributed by atoms with van der Waals surface area (Å²) in [5.74, 6) is 0. The molecule has 0 bridgehead atoms. The third-order valence-corrected chi connectivity index (χ3v) is 4.39. The number of aliphatic hydroxyl groups is 1. The first-order valence-corrected chi connectivity index (χ1v) is 7.64. The Morgan fingerprint density at radius 2 is 0.941 bits per heavy atom. The molecule has 1 nitrogen and oxygen atoms in total. The largest absolute Gasteiger partial charge is 0.390 e. The normalized spacial score (nSPS) is 33.2. The first-order chi connectivity index (χ1) is 7.91. The molecule has 0 saturated heterocycles. The molecule has 1 rings (SSSR count). The zero-order valence-electron chi connectivity index (χ0n) is 12.2. The molecule has 0 aromatic heterocycles. The van der Waals surface area contributed by atoms with Gasteiger partial charge < -0.3 is 5.11 Å². The fraction of sp³-hybridized carbons (Fsp3) is 1.00. The molecule has 0 aromatic rings. The molecule has 0 aromatic carbocycles. The second-order valence-electron chi connectivity index (χ2n) is 7.14. The van der Waals surface area contributed by atoms with E-state index in [1.54, 1.807) is 0 Å². The molecule has 0 spiro atoms. The van der Waals surface area contributed by atoms with Gasteiger partial charge in [-0.25, -0.2) is 0 Å². The van der Waals surface area contributed by atoms with Gasteiger partial charge in [-0.1, -0.05) is 58.8 Å². The van der Waals surface area contributed by atoms with Crippen molar-refractivity contribution in [3.8, 4) is 0 Å². The van der Waals surface area contributed by atoms with Gasteiger partial charge in [0.15, 0.2) is 0 Å². The van der Waals surface area contributed by atoms with Crippen LogP contribution in [0.1, 0.15) is 91.4 Å². The summed E-state index contributed by atoms with van der Waals surface area (Å²) in [4.78, 5) is 0. The van der Waals surface area contributed by atoms with Crippen molar-refractivity contribution in [3.05, 3.63) is 0 Å². The molecular weight excluding hydrogens is 208 g/mol. The Morgan fingerprint density at radius 3 is 1.53 bits per heavy atom. The average Bonchev–Trinajstić information content (AvgIpc) is 2.23. The Bertz CT molecular complexity index is 184. The van der Waals surface area contributed by atoms with E-state index < -0.39 is 5.60 Å². The molecule has 102 valence electrons. The van der Waals surface area contributed by atoms with Crippen molar-refractivity contribution in [3.63, 3.8) is 0 Å². The molecule has 1 heteroatoms. The van der Waals surface area contributed by atoms with Crippen LogP contribution in [0.15, 0.2) is 0 Å². The summed E-state index contributed by atoms with van der Waals surface area (Å²) in [6, 6.07) is 0. The summed E-state index contributed by atoms with van der Waals surface area (Å²) in [5.41, 5.74) is 0.109. The van der Waals surface area contributed by atoms with Crippen LogP contribution in [0.2, 0.25) is 0 Å². The van der Waals surface area contributed by atoms with Gasteiger partial charge in [-0.3, -0.25) is 0 Å². The molecule has 1 unspecified atom stereocenters. The second kappa shape index (κ2) is 6.78. The summed E-state index contributed by atoms with van der Waals surface area (Å²) < 4.78 is 0. The smallest absolute Gasteiger partial charge is 0.0619 e. The standard InChI is InChI=1S/C16H32O/c1-15(2)11-7-5-4-6-8-13-16(3,17)14-10-9-12-15/h17H,4-14H2,1-3H3. The van der Waals surface area contributed by atoms with E-state index in [9.17, 15) is 5.11 Å². The van der Waals surface area contributed by atoms with Gasteiger partial charge in [0.05, 0.1) is 5.60 Å². The fourth-order valence-electron chi connectivity index (χ4n) is 3.00. The zero-order valence-corrected chi connectivity index (χ0v) is 12.2. The molecule has 17 heavy (non-hydrogen) atoms. The summed E-state index contributed by atoms with van der Waals surface area (Å²) >= 11 is 0. The van der Waals surface area contributed by atoms with Gasteiger partial charge in [-0.2, -0.15) is 0 Å². The van der Waals surface area contributed by atoms with Crippen molar-refractivity contribution in [2.75, 3.05) is 0 Å². The molecule has 1 N–H and O–H groups in total. The summed E-state index contributed by atoms with van der Waals surface area (Å²) in [6.45, 7) is 6.84. The lowest BCUT2D eigenvalue weighted by Crippen LogP contribution is -2.23. The molecule has 0 amide bonds. The lowest BCUT2D eigenvalue weighted by atomic mass is 9.81. The minimum Gasteiger partial charge on any atom is -0.390 e. The van der Waals surface area contributed by atoms with Crippen LogP contribution in [-0.2, 0) is 0 Å². The van der Waals surface area contributed by atoms with Gasteiger partial charge in [0, 0.05) is 0 Å². The topological polar surface area (TPSA) is 20.2 Å². The average molecular weight is 240 g/mol. The van der Waals surface area contributed by atoms with Crippen molar-refractivity contribution in [2.24, 2.45) is 5.41 Å². The third kappa shape index (κ3) is 7.08. The highest BCUT2D eigenvalue weighted by Gasteiger charge is 2.21. The second-order valence-corrected chi connectivity index (χ2v) is 7.14. The van der Waals surface area contributed by atoms with E-state index in [4.69, 9.17) is 0 Å². The van der Waals surface area contributed by atoms with Crippen molar-refractivity contribution in [1.29, 1.82) is 0 Å². The number of hydrogen-bond acceptors (Lipinski definition) is 1. The predicted molar refractivity (Wildman–Crippen MR) is 75.2 cm³/mol. The maximum Gasteiger partial charge on any atom is 0.0619 e. The van der Waals surface area contributed by atoms with Gasteiger partial charge in [0.25, 0.3) is 0 Å². The molecule has 1 aliphatic carbocycles. The Hall–Kier alpha value is -0.0400. The van der Waals surface area contributed by atoms with Crippen molar-refractivity contribution in [2.45, 2.75) is 97.0 Å². The van der Waals surface area contributed by atoms with E-state index in [1.807, 2.05) is 6.92 Å². The Kier molecular flexibility index (Phi) is 5.99. The number of hydrogen-bond donors (Lipinski definition) is 1. The van der Waals surface area contributed by atoms with E-state index >= 15 is 0 Å². The first kappa shape index (κ1) is 15.0. The third-order valence-electron chi connectivity index (χ3n) is 4.39. The summed E-state index contributed by atoms with van der Waals surface area (Å²) in [5, 5.41) is 10.3. The minimum atomic E-state index is -0.405. The van der Waals surface area contributed by atoms with Crippen LogP contribution < -0.4 is 0 Å². The minimum absolute atomic E-state index is 0.405. The Balaban J connectivity index is 2.42. The van der Waals surface area contributed by atoms with Gasteiger partial charge in [0.1, 0.15) is 0 Å². The maximum atomic E-state index is 10.3. The van der Waals surface area contributed by atoms with E-state index in [0.717, 1.165) is 12.8 Å². The quantitative estimate of drug-likeness (QED) is 0.627. The maximum absolute atomic E-state index is 10.3. The molecule has 1 atom stereocenters. The molecule has 1 fully saturated rings. The van der Waals surface area contributed by atoms with Crippen LogP contribution in [0.4, 0.5) is 0 Å². The van der Waals surface area contributed by atoms with Gasteiger partial charge in [-0.15, -0.1) is 0 Å². The summed E-state index contributed by atoms with van der Waals surface area (Å²) in [6.07, 6.45) is 13.8. The lowest BCUT2D eigenvalue weighted by Gasteiger charge is -2.26. The van der Waals surface area contributed by atoms with Crippen LogP contribution in [0.25, 0.3) is 0 Å². The zero-order chi connectivity index (χ0) is 12.8. The van der Waals surface area contributed by atoms with Crippen LogP contribution >= 0.6 is 0 Å². The Labute approximate surface area is 108 Å². The van der Waals surface area contributed by atoms with Crippen molar-refractivity contribution < 1.29 is 5.11 Å². The van der Waals surface area contributed by atoms with E-state index in [0.29, 0.717) is 5.41 Å². The molecule has 1 aliphatic rings. The molecular formula is C16H32O. The highest BCUT2D eigenvalue weighted by molar-refractivity contribution is 4.75. The van der Waals surface area contributed by atoms with Crippen LogP contribution in [0.3, 0.4) is 0 Å². The summed E-state index contributed by atoms with van der Waals surface area (Å²) in [7, 11) is 0. The lowest BCUT2D eigenvalue weighted by molar-refractivity contribution is 0.0361. The van der Waals surface area contributed by atoms with Crippen molar-refractivity contribution >= 4 is 0 Å². The fourth-order valence-corrected chi connectivity index (χ4v) is 3.00. The predicted octanol–water partition coefficient (Wildman–Crippen LogP) is 5.07. The van der Waals surface area contributed by atoms with Gasteiger partial charge >= 0.3 is 0 Å². The molecule has 0 heterocycles. The number of rotatable bonds is 0. The molecule has 1 saturated carbocycles. The Morgan fingerprint density at radius 1 is 0.588 bits per heavy atom.